The first kappa shape index (κ1) is 11.4. The number of nitriles is 1. The minimum absolute atomic E-state index is 0.108. The molecule has 0 heterocycles. The van der Waals surface area contributed by atoms with E-state index in [0.29, 0.717) is 17.1 Å². The van der Waals surface area contributed by atoms with E-state index in [1.54, 1.807) is 12.1 Å². The first-order valence-corrected chi connectivity index (χ1v) is 5.27. The second kappa shape index (κ2) is 5.27. The van der Waals surface area contributed by atoms with Crippen LogP contribution in [0.3, 0.4) is 0 Å². The maximum absolute atomic E-state index is 10.8. The third-order valence-electron chi connectivity index (χ3n) is 1.77. The van der Waals surface area contributed by atoms with Gasteiger partial charge in [-0.05, 0) is 12.1 Å². The van der Waals surface area contributed by atoms with Crippen LogP contribution in [0.25, 0.3) is 0 Å². The number of benzene rings is 1. The molecule has 0 aromatic heterocycles. The van der Waals surface area contributed by atoms with Crippen molar-refractivity contribution in [3.8, 4) is 6.07 Å². The first-order chi connectivity index (χ1) is 7.16. The van der Waals surface area contributed by atoms with Gasteiger partial charge in [-0.1, -0.05) is 6.07 Å². The lowest BCUT2D eigenvalue weighted by Gasteiger charge is -2.06. The van der Waals surface area contributed by atoms with E-state index in [2.05, 4.69) is 0 Å². The Bertz CT molecular complexity index is 412. The van der Waals surface area contributed by atoms with E-state index < -0.39 is 5.97 Å². The highest BCUT2D eigenvalue weighted by Crippen LogP contribution is 2.28. The van der Waals surface area contributed by atoms with Crippen LogP contribution in [0.4, 0.5) is 5.69 Å². The Kier molecular flexibility index (Phi) is 4.01. The lowest BCUT2D eigenvalue weighted by molar-refractivity contribution is 0.0698. The van der Waals surface area contributed by atoms with Gasteiger partial charge in [0, 0.05) is 17.1 Å². The minimum atomic E-state index is -1.03. The van der Waals surface area contributed by atoms with Crippen LogP contribution in [0.2, 0.25) is 0 Å². The van der Waals surface area contributed by atoms with E-state index in [1.807, 2.05) is 6.07 Å². The van der Waals surface area contributed by atoms with Gasteiger partial charge in [0.2, 0.25) is 0 Å². The summed E-state index contributed by atoms with van der Waals surface area (Å²) in [5.41, 5.74) is 6.06. The molecule has 0 saturated heterocycles. The monoisotopic (exact) mass is 222 g/mol. The number of nitrogens with two attached hydrogens (primary N) is 1. The number of nitrogen functional groups attached to an aromatic ring is 1. The average molecular weight is 222 g/mol. The van der Waals surface area contributed by atoms with Crippen molar-refractivity contribution in [1.29, 1.82) is 5.26 Å². The molecular weight excluding hydrogens is 212 g/mol. The van der Waals surface area contributed by atoms with Crippen molar-refractivity contribution in [1.82, 2.24) is 0 Å². The molecule has 4 nitrogen and oxygen atoms in total. The number of carboxylic acid groups (broad SMARTS) is 1. The molecule has 3 N–H and O–H groups in total. The molecule has 0 radical (unpaired) electrons. The molecule has 1 rings (SSSR count). The second-order valence-corrected chi connectivity index (χ2v) is 3.92. The van der Waals surface area contributed by atoms with Gasteiger partial charge in [-0.25, -0.2) is 4.79 Å². The molecule has 15 heavy (non-hydrogen) atoms. The molecule has 78 valence electrons. The number of hydrogen-bond acceptors (Lipinski definition) is 4. The van der Waals surface area contributed by atoms with Gasteiger partial charge < -0.3 is 10.8 Å². The number of carbonyl (C=O) groups is 1. The topological polar surface area (TPSA) is 87.1 Å². The van der Waals surface area contributed by atoms with Gasteiger partial charge in [0.05, 0.1) is 17.3 Å². The van der Waals surface area contributed by atoms with E-state index in [9.17, 15) is 4.79 Å². The predicted octanol–water partition coefficient (Wildman–Crippen LogP) is 1.97. The number of anilines is 1. The van der Waals surface area contributed by atoms with E-state index in [-0.39, 0.29) is 11.3 Å². The molecule has 0 aliphatic heterocycles. The zero-order valence-corrected chi connectivity index (χ0v) is 8.75. The summed E-state index contributed by atoms with van der Waals surface area (Å²) in [6.45, 7) is 0. The molecule has 0 fully saturated rings. The van der Waals surface area contributed by atoms with Crippen molar-refractivity contribution in [2.75, 3.05) is 11.5 Å². The van der Waals surface area contributed by atoms with Crippen molar-refractivity contribution < 1.29 is 9.90 Å². The van der Waals surface area contributed by atoms with E-state index in [1.165, 1.54) is 17.8 Å². The first-order valence-electron chi connectivity index (χ1n) is 4.28. The van der Waals surface area contributed by atoms with Gasteiger partial charge in [0.15, 0.2) is 0 Å². The minimum Gasteiger partial charge on any atom is -0.478 e. The fraction of sp³-hybridized carbons (Fsp3) is 0.200. The summed E-state index contributed by atoms with van der Waals surface area (Å²) in [5, 5.41) is 17.2. The Morgan fingerprint density at radius 2 is 2.33 bits per heavy atom. The molecular formula is C10H10N2O2S. The third-order valence-corrected chi connectivity index (χ3v) is 2.84. The van der Waals surface area contributed by atoms with Crippen molar-refractivity contribution in [2.45, 2.75) is 11.3 Å². The van der Waals surface area contributed by atoms with Crippen LogP contribution >= 0.6 is 11.8 Å². The van der Waals surface area contributed by atoms with Gasteiger partial charge in [-0.15, -0.1) is 11.8 Å². The molecule has 1 aromatic carbocycles. The number of para-hydroxylation sites is 1. The lowest BCUT2D eigenvalue weighted by atomic mass is 10.2. The van der Waals surface area contributed by atoms with Gasteiger partial charge in [0.25, 0.3) is 0 Å². The Hall–Kier alpha value is -1.67. The maximum Gasteiger partial charge on any atom is 0.337 e. The Morgan fingerprint density at radius 1 is 1.60 bits per heavy atom. The van der Waals surface area contributed by atoms with Crippen LogP contribution in [0.1, 0.15) is 16.8 Å². The molecule has 5 heteroatoms. The Morgan fingerprint density at radius 3 is 2.93 bits per heavy atom. The molecule has 0 aliphatic carbocycles. The highest BCUT2D eigenvalue weighted by molar-refractivity contribution is 7.99. The normalized spacial score (nSPS) is 9.53. The fourth-order valence-corrected chi connectivity index (χ4v) is 1.92. The maximum atomic E-state index is 10.8. The standard InChI is InChI=1S/C10H10N2O2S/c11-5-2-6-15-8-4-1-3-7(9(8)12)10(13)14/h1,3-4H,2,6,12H2,(H,13,14). The largest absolute Gasteiger partial charge is 0.478 e. The quantitative estimate of drug-likeness (QED) is 0.462. The van der Waals surface area contributed by atoms with Crippen molar-refractivity contribution in [3.63, 3.8) is 0 Å². The van der Waals surface area contributed by atoms with Crippen LogP contribution in [-0.4, -0.2) is 16.8 Å². The van der Waals surface area contributed by atoms with Crippen LogP contribution in [0.5, 0.6) is 0 Å². The summed E-state index contributed by atoms with van der Waals surface area (Å²) in [7, 11) is 0. The van der Waals surface area contributed by atoms with E-state index >= 15 is 0 Å². The molecule has 0 amide bonds. The Balaban J connectivity index is 2.86. The molecule has 0 spiro atoms. The Labute approximate surface area is 91.7 Å². The predicted molar refractivity (Wildman–Crippen MR) is 58.8 cm³/mol. The zero-order valence-electron chi connectivity index (χ0n) is 7.93. The van der Waals surface area contributed by atoms with Crippen LogP contribution < -0.4 is 5.73 Å². The average Bonchev–Trinajstić information content (AvgIpc) is 2.20. The molecule has 0 bridgehead atoms. The zero-order chi connectivity index (χ0) is 11.3. The summed E-state index contributed by atoms with van der Waals surface area (Å²) >= 11 is 1.39. The van der Waals surface area contributed by atoms with Gasteiger partial charge in [-0.2, -0.15) is 5.26 Å². The fourth-order valence-electron chi connectivity index (χ4n) is 1.06. The SMILES string of the molecule is N#CCCSc1cccc(C(=O)O)c1N. The van der Waals surface area contributed by atoms with Crippen molar-refractivity contribution in [2.24, 2.45) is 0 Å². The number of thioether (sulfide) groups is 1. The summed E-state index contributed by atoms with van der Waals surface area (Å²) < 4.78 is 0. The van der Waals surface area contributed by atoms with Crippen LogP contribution in [0, 0.1) is 11.3 Å². The van der Waals surface area contributed by atoms with E-state index in [4.69, 9.17) is 16.1 Å². The molecule has 0 aliphatic rings. The smallest absolute Gasteiger partial charge is 0.337 e. The van der Waals surface area contributed by atoms with Crippen LogP contribution in [0.15, 0.2) is 23.1 Å². The lowest BCUT2D eigenvalue weighted by Crippen LogP contribution is -2.03. The van der Waals surface area contributed by atoms with Gasteiger partial charge >= 0.3 is 5.97 Å². The second-order valence-electron chi connectivity index (χ2n) is 2.78. The van der Waals surface area contributed by atoms with Crippen molar-refractivity contribution >= 4 is 23.4 Å². The summed E-state index contributed by atoms with van der Waals surface area (Å²) in [4.78, 5) is 11.5. The number of nitrogens with zero attached hydrogens (tertiary/aromatic N) is 1. The van der Waals surface area contributed by atoms with Crippen LogP contribution in [-0.2, 0) is 0 Å². The third kappa shape index (κ3) is 2.89. The van der Waals surface area contributed by atoms with Crippen molar-refractivity contribution in [3.05, 3.63) is 23.8 Å². The highest BCUT2D eigenvalue weighted by atomic mass is 32.2. The summed E-state index contributed by atoms with van der Waals surface area (Å²) in [5.74, 6) is -0.417. The molecule has 0 unspecified atom stereocenters. The number of rotatable bonds is 4. The van der Waals surface area contributed by atoms with Gasteiger partial charge in [0.1, 0.15) is 0 Å². The summed E-state index contributed by atoms with van der Waals surface area (Å²) in [6, 6.07) is 6.88. The highest BCUT2D eigenvalue weighted by Gasteiger charge is 2.10. The summed E-state index contributed by atoms with van der Waals surface area (Å²) in [6.07, 6.45) is 0.418. The molecule has 0 saturated carbocycles. The molecule has 1 aromatic rings. The number of hydrogen-bond donors (Lipinski definition) is 2. The molecule has 0 atom stereocenters. The number of aromatic carboxylic acids is 1. The number of carboxylic acids is 1. The van der Waals surface area contributed by atoms with Gasteiger partial charge in [-0.3, -0.25) is 0 Å². The van der Waals surface area contributed by atoms with E-state index in [0.717, 1.165) is 0 Å².